The van der Waals surface area contributed by atoms with Crippen molar-refractivity contribution in [1.82, 2.24) is 9.29 Å². The van der Waals surface area contributed by atoms with Gasteiger partial charge in [-0.05, 0) is 44.0 Å². The molecular formula is C24H24ClFN4O4S2. The van der Waals surface area contributed by atoms with Crippen molar-refractivity contribution < 1.29 is 22.3 Å². The molecule has 0 bridgehead atoms. The Kier molecular flexibility index (Phi) is 8.35. The number of hydrogen-bond acceptors (Lipinski definition) is 8. The fourth-order valence-electron chi connectivity index (χ4n) is 3.80. The molecule has 36 heavy (non-hydrogen) atoms. The minimum atomic E-state index is -3.73. The monoisotopic (exact) mass is 550 g/mol. The van der Waals surface area contributed by atoms with Gasteiger partial charge in [-0.25, -0.2) is 17.8 Å². The smallest absolute Gasteiger partial charge is 0.309 e. The van der Waals surface area contributed by atoms with Crippen molar-refractivity contribution in [2.75, 3.05) is 25.1 Å². The number of carbonyl (C=O) groups is 1. The molecular weight excluding hydrogens is 527 g/mol. The van der Waals surface area contributed by atoms with Gasteiger partial charge in [0.1, 0.15) is 5.82 Å². The van der Waals surface area contributed by atoms with Crippen LogP contribution in [0.5, 0.6) is 0 Å². The van der Waals surface area contributed by atoms with Crippen LogP contribution < -0.4 is 5.43 Å². The van der Waals surface area contributed by atoms with Crippen molar-refractivity contribution in [3.05, 3.63) is 64.2 Å². The Balaban J connectivity index is 1.44. The van der Waals surface area contributed by atoms with Crippen molar-refractivity contribution >= 4 is 50.3 Å². The zero-order valence-electron chi connectivity index (χ0n) is 19.4. The minimum Gasteiger partial charge on any atom is -0.466 e. The molecule has 0 saturated carbocycles. The van der Waals surface area contributed by atoms with Gasteiger partial charge in [0, 0.05) is 29.6 Å². The Bertz CT molecular complexity index is 1350. The van der Waals surface area contributed by atoms with Crippen molar-refractivity contribution in [1.29, 1.82) is 0 Å². The summed E-state index contributed by atoms with van der Waals surface area (Å²) < 4.78 is 46.8. The van der Waals surface area contributed by atoms with E-state index in [1.165, 1.54) is 34.0 Å². The first-order valence-electron chi connectivity index (χ1n) is 11.3. The molecule has 0 unspecified atom stereocenters. The van der Waals surface area contributed by atoms with E-state index in [1.807, 2.05) is 0 Å². The van der Waals surface area contributed by atoms with E-state index in [-0.39, 0.29) is 40.5 Å². The molecule has 3 aromatic rings. The van der Waals surface area contributed by atoms with Crippen molar-refractivity contribution in [3.63, 3.8) is 0 Å². The van der Waals surface area contributed by atoms with E-state index in [1.54, 1.807) is 42.6 Å². The number of aromatic nitrogens is 1. The molecule has 0 radical (unpaired) electrons. The third-order valence-electron chi connectivity index (χ3n) is 5.70. The molecule has 8 nitrogen and oxygen atoms in total. The Morgan fingerprint density at radius 2 is 2.06 bits per heavy atom. The third kappa shape index (κ3) is 5.92. The van der Waals surface area contributed by atoms with Gasteiger partial charge in [-0.2, -0.15) is 9.41 Å². The minimum absolute atomic E-state index is 0.157. The predicted octanol–water partition coefficient (Wildman–Crippen LogP) is 5.01. The van der Waals surface area contributed by atoms with Crippen LogP contribution in [-0.2, 0) is 19.6 Å². The van der Waals surface area contributed by atoms with E-state index < -0.39 is 15.8 Å². The number of rotatable bonds is 8. The number of carbonyl (C=O) groups excluding carboxylic acids is 1. The summed E-state index contributed by atoms with van der Waals surface area (Å²) in [6.07, 6.45) is 2.13. The summed E-state index contributed by atoms with van der Waals surface area (Å²) in [5.74, 6) is -1.04. The lowest BCUT2D eigenvalue weighted by Gasteiger charge is -2.30. The summed E-state index contributed by atoms with van der Waals surface area (Å²) in [6, 6.07) is 10.9. The maximum Gasteiger partial charge on any atom is 0.309 e. The number of thiazole rings is 1. The number of ether oxygens (including phenoxy) is 1. The molecule has 0 spiro atoms. The van der Waals surface area contributed by atoms with Crippen LogP contribution in [0, 0.1) is 11.7 Å². The van der Waals surface area contributed by atoms with Crippen LogP contribution in [-0.4, -0.2) is 49.6 Å². The number of hydrogen-bond donors (Lipinski definition) is 1. The number of hydrazone groups is 1. The summed E-state index contributed by atoms with van der Waals surface area (Å²) >= 11 is 7.26. The number of nitrogens with one attached hydrogen (secondary N) is 1. The number of halogens is 2. The summed E-state index contributed by atoms with van der Waals surface area (Å²) in [7, 11) is -3.73. The lowest BCUT2D eigenvalue weighted by Crippen LogP contribution is -2.40. The predicted molar refractivity (Wildman–Crippen MR) is 138 cm³/mol. The highest BCUT2D eigenvalue weighted by molar-refractivity contribution is 7.89. The van der Waals surface area contributed by atoms with Gasteiger partial charge in [-0.3, -0.25) is 10.2 Å². The van der Waals surface area contributed by atoms with Crippen LogP contribution >= 0.6 is 22.9 Å². The maximum absolute atomic E-state index is 13.9. The van der Waals surface area contributed by atoms with Crippen molar-refractivity contribution in [3.8, 4) is 11.3 Å². The number of esters is 1. The van der Waals surface area contributed by atoms with Crippen molar-refractivity contribution in [2.45, 2.75) is 24.7 Å². The average Bonchev–Trinajstić information content (AvgIpc) is 3.35. The molecule has 190 valence electrons. The quantitative estimate of drug-likeness (QED) is 0.240. The second-order valence-corrected chi connectivity index (χ2v) is 11.2. The number of benzene rings is 2. The first-order chi connectivity index (χ1) is 17.3. The van der Waals surface area contributed by atoms with Crippen molar-refractivity contribution in [2.24, 2.45) is 11.0 Å². The molecule has 2 aromatic carbocycles. The van der Waals surface area contributed by atoms with Crippen LogP contribution in [0.3, 0.4) is 0 Å². The van der Waals surface area contributed by atoms with E-state index in [0.717, 1.165) is 0 Å². The lowest BCUT2D eigenvalue weighted by molar-refractivity contribution is -0.149. The lowest BCUT2D eigenvalue weighted by atomic mass is 9.98. The van der Waals surface area contributed by atoms with Gasteiger partial charge >= 0.3 is 5.97 Å². The summed E-state index contributed by atoms with van der Waals surface area (Å²) in [5, 5.41) is 6.46. The van der Waals surface area contributed by atoms with E-state index in [0.29, 0.717) is 35.8 Å². The van der Waals surface area contributed by atoms with Crippen LogP contribution in [0.15, 0.2) is 57.8 Å². The summed E-state index contributed by atoms with van der Waals surface area (Å²) in [6.45, 7) is 2.57. The molecule has 1 saturated heterocycles. The Labute approximate surface area is 217 Å². The van der Waals surface area contributed by atoms with Crippen LogP contribution in [0.4, 0.5) is 9.52 Å². The summed E-state index contributed by atoms with van der Waals surface area (Å²) in [4.78, 5) is 16.6. The van der Waals surface area contributed by atoms with Gasteiger partial charge < -0.3 is 4.74 Å². The molecule has 1 N–H and O–H groups in total. The SMILES string of the molecule is CCOC(=O)C1CCN(S(=O)(=O)c2cccc(-c3csc(NN=Cc4c(F)cccc4Cl)n3)c2)CC1. The highest BCUT2D eigenvalue weighted by atomic mass is 35.5. The molecule has 1 aromatic heterocycles. The largest absolute Gasteiger partial charge is 0.466 e. The number of nitrogens with zero attached hydrogens (tertiary/aromatic N) is 3. The van der Waals surface area contributed by atoms with Gasteiger partial charge in [0.05, 0.1) is 34.4 Å². The second kappa shape index (κ2) is 11.5. The van der Waals surface area contributed by atoms with Crippen LogP contribution in [0.1, 0.15) is 25.3 Å². The molecule has 1 aliphatic rings. The average molecular weight is 551 g/mol. The van der Waals surface area contributed by atoms with E-state index in [9.17, 15) is 17.6 Å². The van der Waals surface area contributed by atoms with Gasteiger partial charge in [-0.1, -0.05) is 29.8 Å². The zero-order valence-corrected chi connectivity index (χ0v) is 21.7. The normalized spacial score (nSPS) is 15.3. The highest BCUT2D eigenvalue weighted by Gasteiger charge is 2.32. The maximum atomic E-state index is 13.9. The molecule has 0 amide bonds. The molecule has 0 aliphatic carbocycles. The van der Waals surface area contributed by atoms with Crippen LogP contribution in [0.25, 0.3) is 11.3 Å². The van der Waals surface area contributed by atoms with Crippen LogP contribution in [0.2, 0.25) is 5.02 Å². The van der Waals surface area contributed by atoms with E-state index in [4.69, 9.17) is 16.3 Å². The number of anilines is 1. The Hall–Kier alpha value is -2.86. The molecule has 2 heterocycles. The van der Waals surface area contributed by atoms with Gasteiger partial charge in [0.2, 0.25) is 15.2 Å². The molecule has 4 rings (SSSR count). The Morgan fingerprint density at radius 1 is 1.31 bits per heavy atom. The highest BCUT2D eigenvalue weighted by Crippen LogP contribution is 2.29. The summed E-state index contributed by atoms with van der Waals surface area (Å²) in [5.41, 5.74) is 4.10. The molecule has 0 atom stereocenters. The zero-order chi connectivity index (χ0) is 25.7. The fourth-order valence-corrected chi connectivity index (χ4v) is 6.20. The van der Waals surface area contributed by atoms with Gasteiger partial charge in [0.25, 0.3) is 0 Å². The number of piperidine rings is 1. The topological polar surface area (TPSA) is 101 Å². The Morgan fingerprint density at radius 3 is 2.78 bits per heavy atom. The fraction of sp³-hybridized carbons (Fsp3) is 0.292. The molecule has 1 fully saturated rings. The van der Waals surface area contributed by atoms with E-state index >= 15 is 0 Å². The molecule has 12 heteroatoms. The second-order valence-electron chi connectivity index (χ2n) is 8.00. The van der Waals surface area contributed by atoms with E-state index in [2.05, 4.69) is 15.5 Å². The van der Waals surface area contributed by atoms with Gasteiger partial charge in [-0.15, -0.1) is 11.3 Å². The molecule has 1 aliphatic heterocycles. The third-order valence-corrected chi connectivity index (χ3v) is 8.67. The first-order valence-corrected chi connectivity index (χ1v) is 13.9. The van der Waals surface area contributed by atoms with Gasteiger partial charge in [0.15, 0.2) is 0 Å². The first kappa shape index (κ1) is 26.2. The number of sulfonamides is 1. The standard InChI is InChI=1S/C24H24ClFN4O4S2/c1-2-34-23(31)16-9-11-30(12-10-16)36(32,33)18-6-3-5-17(13-18)22-15-35-24(28-22)29-27-14-19-20(25)7-4-8-21(19)26/h3-8,13-16H,2,9-12H2,1H3,(H,28,29).